The summed E-state index contributed by atoms with van der Waals surface area (Å²) in [4.78, 5) is 4.40. The molecule has 3 heterocycles. The average molecular weight is 394 g/mol. The predicted molar refractivity (Wildman–Crippen MR) is 120 cm³/mol. The van der Waals surface area contributed by atoms with Crippen molar-refractivity contribution in [2.75, 3.05) is 0 Å². The van der Waals surface area contributed by atoms with Crippen molar-refractivity contribution in [1.82, 2.24) is 4.98 Å². The number of pyridine rings is 3. The van der Waals surface area contributed by atoms with Crippen LogP contribution in [0.15, 0.2) is 61.1 Å². The Morgan fingerprint density at radius 3 is 2.50 bits per heavy atom. The Morgan fingerprint density at radius 1 is 0.867 bits per heavy atom. The van der Waals surface area contributed by atoms with Gasteiger partial charge in [-0.15, -0.1) is 0 Å². The number of hydrogen-bond acceptors (Lipinski definition) is 1. The fourth-order valence-corrected chi connectivity index (χ4v) is 4.91. The quantitative estimate of drug-likeness (QED) is 0.403. The molecule has 1 aliphatic carbocycles. The molecule has 0 atom stereocenters. The van der Waals surface area contributed by atoms with Crippen LogP contribution in [0.2, 0.25) is 0 Å². The minimum Gasteiger partial charge on any atom is -0.264 e. The summed E-state index contributed by atoms with van der Waals surface area (Å²) in [6.45, 7) is 6.65. The van der Waals surface area contributed by atoms with Gasteiger partial charge in [0.1, 0.15) is 14.1 Å². The van der Waals surface area contributed by atoms with E-state index in [-0.39, 0.29) is 0 Å². The highest BCUT2D eigenvalue weighted by Crippen LogP contribution is 2.45. The lowest BCUT2D eigenvalue weighted by molar-refractivity contribution is -0.666. The maximum Gasteiger partial charge on any atom is 0.213 e. The molecule has 148 valence electrons. The average Bonchev–Trinajstić information content (AvgIpc) is 3.09. The molecule has 3 heteroatoms. The highest BCUT2D eigenvalue weighted by Gasteiger charge is 2.30. The Kier molecular flexibility index (Phi) is 4.28. The zero-order valence-electron chi connectivity index (χ0n) is 18.3. The molecular formula is C27H27N3+2. The van der Waals surface area contributed by atoms with E-state index in [1.54, 1.807) is 0 Å². The Morgan fingerprint density at radius 2 is 1.70 bits per heavy atom. The number of nitrogens with zero attached hydrogens (tertiary/aromatic N) is 3. The van der Waals surface area contributed by atoms with Gasteiger partial charge in [-0.05, 0) is 65.4 Å². The molecule has 1 aromatic carbocycles. The van der Waals surface area contributed by atoms with Crippen molar-refractivity contribution < 1.29 is 9.13 Å². The van der Waals surface area contributed by atoms with Crippen LogP contribution in [0.25, 0.3) is 33.6 Å². The van der Waals surface area contributed by atoms with Crippen molar-refractivity contribution >= 4 is 0 Å². The van der Waals surface area contributed by atoms with E-state index in [9.17, 15) is 0 Å². The molecule has 4 aromatic rings. The maximum absolute atomic E-state index is 4.40. The van der Waals surface area contributed by atoms with Crippen LogP contribution in [0.1, 0.15) is 27.9 Å². The van der Waals surface area contributed by atoms with Crippen LogP contribution in [0.3, 0.4) is 0 Å². The van der Waals surface area contributed by atoms with Gasteiger partial charge in [0.05, 0.1) is 11.1 Å². The molecule has 0 N–H and O–H groups in total. The number of fused-ring (bicyclic) bond motifs is 3. The molecule has 30 heavy (non-hydrogen) atoms. The molecular weight excluding hydrogens is 366 g/mol. The molecule has 0 saturated carbocycles. The number of aryl methyl sites for hydroxylation is 3. The molecule has 5 rings (SSSR count). The summed E-state index contributed by atoms with van der Waals surface area (Å²) in [5.41, 5.74) is 14.4. The lowest BCUT2D eigenvalue weighted by atomic mass is 9.88. The van der Waals surface area contributed by atoms with Crippen LogP contribution < -0.4 is 9.13 Å². The molecule has 0 fully saturated rings. The second kappa shape index (κ2) is 6.88. The van der Waals surface area contributed by atoms with E-state index in [1.165, 1.54) is 61.6 Å². The second-order valence-electron chi connectivity index (χ2n) is 8.47. The van der Waals surface area contributed by atoms with Crippen molar-refractivity contribution in [3.8, 4) is 33.6 Å². The van der Waals surface area contributed by atoms with Crippen molar-refractivity contribution in [2.45, 2.75) is 27.2 Å². The van der Waals surface area contributed by atoms with Gasteiger partial charge in [0.15, 0.2) is 11.9 Å². The fourth-order valence-electron chi connectivity index (χ4n) is 4.91. The first kappa shape index (κ1) is 18.7. The third-order valence-electron chi connectivity index (χ3n) is 6.53. The van der Waals surface area contributed by atoms with E-state index in [0.717, 1.165) is 6.42 Å². The minimum atomic E-state index is 0.933. The van der Waals surface area contributed by atoms with Gasteiger partial charge in [0.25, 0.3) is 0 Å². The van der Waals surface area contributed by atoms with Crippen molar-refractivity contribution in [3.63, 3.8) is 0 Å². The van der Waals surface area contributed by atoms with Gasteiger partial charge in [-0.25, -0.2) is 4.57 Å². The predicted octanol–water partition coefficient (Wildman–Crippen LogP) is 4.56. The molecule has 1 aliphatic rings. The number of hydrogen-bond donors (Lipinski definition) is 0. The summed E-state index contributed by atoms with van der Waals surface area (Å²) in [6, 6.07) is 15.5. The van der Waals surface area contributed by atoms with E-state index in [4.69, 9.17) is 0 Å². The lowest BCUT2D eigenvalue weighted by Crippen LogP contribution is -2.35. The number of benzene rings is 1. The van der Waals surface area contributed by atoms with Crippen LogP contribution in [-0.2, 0) is 20.5 Å². The van der Waals surface area contributed by atoms with Crippen LogP contribution >= 0.6 is 0 Å². The van der Waals surface area contributed by atoms with E-state index >= 15 is 0 Å². The minimum absolute atomic E-state index is 0.933. The summed E-state index contributed by atoms with van der Waals surface area (Å²) >= 11 is 0. The number of rotatable bonds is 2. The first-order chi connectivity index (χ1) is 14.5. The van der Waals surface area contributed by atoms with Gasteiger partial charge in [-0.1, -0.05) is 0 Å². The monoisotopic (exact) mass is 393 g/mol. The van der Waals surface area contributed by atoms with Crippen LogP contribution in [0.4, 0.5) is 0 Å². The summed E-state index contributed by atoms with van der Waals surface area (Å²) in [5, 5.41) is 0. The van der Waals surface area contributed by atoms with E-state index in [1.807, 2.05) is 12.4 Å². The molecule has 0 amide bonds. The highest BCUT2D eigenvalue weighted by atomic mass is 14.9. The molecule has 0 bridgehead atoms. The lowest BCUT2D eigenvalue weighted by Gasteiger charge is -2.16. The van der Waals surface area contributed by atoms with Gasteiger partial charge in [-0.2, -0.15) is 4.57 Å². The Bertz CT molecular complexity index is 1320. The third kappa shape index (κ3) is 2.77. The van der Waals surface area contributed by atoms with Crippen LogP contribution in [0, 0.1) is 20.8 Å². The Balaban J connectivity index is 1.90. The zero-order valence-corrected chi connectivity index (χ0v) is 18.3. The van der Waals surface area contributed by atoms with E-state index < -0.39 is 0 Å². The molecule has 0 radical (unpaired) electrons. The molecule has 0 aliphatic heterocycles. The molecule has 0 saturated heterocycles. The second-order valence-corrected chi connectivity index (χ2v) is 8.47. The highest BCUT2D eigenvalue weighted by molar-refractivity contribution is 5.89. The SMILES string of the molecule is Cc1cc(C)[n+](C)c(-c2c(C)c(-c3cccc[n+]3C)cc3c2Cc2cnccc2-3)c1. The third-order valence-corrected chi connectivity index (χ3v) is 6.53. The maximum atomic E-state index is 4.40. The summed E-state index contributed by atoms with van der Waals surface area (Å²) in [6.07, 6.45) is 6.99. The normalized spacial score (nSPS) is 12.0. The smallest absolute Gasteiger partial charge is 0.213 e. The van der Waals surface area contributed by atoms with Gasteiger partial charge in [-0.3, -0.25) is 4.98 Å². The van der Waals surface area contributed by atoms with E-state index in [2.05, 4.69) is 97.6 Å². The van der Waals surface area contributed by atoms with Crippen molar-refractivity contribution in [2.24, 2.45) is 14.1 Å². The molecule has 3 nitrogen and oxygen atoms in total. The molecule has 3 aromatic heterocycles. The first-order valence-electron chi connectivity index (χ1n) is 10.5. The Hall–Kier alpha value is -3.33. The largest absolute Gasteiger partial charge is 0.264 e. The summed E-state index contributed by atoms with van der Waals surface area (Å²) in [7, 11) is 4.30. The van der Waals surface area contributed by atoms with Gasteiger partial charge in [0.2, 0.25) is 11.4 Å². The Labute approximate surface area is 178 Å². The molecule has 0 unspecified atom stereocenters. The molecule has 0 spiro atoms. The summed E-state index contributed by atoms with van der Waals surface area (Å²) in [5.74, 6) is 0. The van der Waals surface area contributed by atoms with Gasteiger partial charge < -0.3 is 0 Å². The fraction of sp³-hybridized carbons (Fsp3) is 0.222. The van der Waals surface area contributed by atoms with Crippen molar-refractivity contribution in [3.05, 3.63) is 89.0 Å². The van der Waals surface area contributed by atoms with E-state index in [0.29, 0.717) is 0 Å². The summed E-state index contributed by atoms with van der Waals surface area (Å²) < 4.78 is 4.54. The van der Waals surface area contributed by atoms with Crippen LogP contribution in [-0.4, -0.2) is 4.98 Å². The van der Waals surface area contributed by atoms with Crippen molar-refractivity contribution in [1.29, 1.82) is 0 Å². The first-order valence-corrected chi connectivity index (χ1v) is 10.5. The zero-order chi connectivity index (χ0) is 21.0. The van der Waals surface area contributed by atoms with Gasteiger partial charge >= 0.3 is 0 Å². The standard InChI is InChI=1S/C27H27N3/c1-17-12-18(2)30(5)26(13-17)27-19(3)22(25-8-6-7-11-29(25)4)15-23-21-9-10-28-16-20(21)14-24(23)27/h6-13,15-16H,14H2,1-5H3/q+2. The number of aromatic nitrogens is 3. The topological polar surface area (TPSA) is 20.6 Å². The van der Waals surface area contributed by atoms with Gasteiger partial charge in [0, 0.05) is 50.0 Å². The van der Waals surface area contributed by atoms with Crippen LogP contribution in [0.5, 0.6) is 0 Å².